The van der Waals surface area contributed by atoms with Gasteiger partial charge in [0.25, 0.3) is 0 Å². The first-order valence-electron chi connectivity index (χ1n) is 9.24. The van der Waals surface area contributed by atoms with Crippen LogP contribution < -0.4 is 0 Å². The van der Waals surface area contributed by atoms with Crippen LogP contribution in [0.4, 0.5) is 0 Å². The Morgan fingerprint density at radius 2 is 1.43 bits per heavy atom. The van der Waals surface area contributed by atoms with Crippen molar-refractivity contribution in [2.75, 3.05) is 6.61 Å². The van der Waals surface area contributed by atoms with Crippen molar-refractivity contribution < 1.29 is 9.90 Å². The standard InChI is InChI=1S/C21H36O2/c1-5-7-8-9-10-11-12-13-14-15-16-21(23)20(17-22)19(4)18(3)6-2/h6,22H,2-3,5,7-17H2,1,4H3/b20-19-. The van der Waals surface area contributed by atoms with Crippen molar-refractivity contribution in [3.05, 3.63) is 36.0 Å². The summed E-state index contributed by atoms with van der Waals surface area (Å²) in [5.41, 5.74) is 1.97. The van der Waals surface area contributed by atoms with Gasteiger partial charge in [0.1, 0.15) is 0 Å². The smallest absolute Gasteiger partial charge is 0.161 e. The molecule has 0 amide bonds. The van der Waals surface area contributed by atoms with E-state index in [9.17, 15) is 9.90 Å². The molecule has 23 heavy (non-hydrogen) atoms. The Morgan fingerprint density at radius 3 is 1.87 bits per heavy atom. The predicted molar refractivity (Wildman–Crippen MR) is 101 cm³/mol. The molecule has 0 aromatic heterocycles. The quantitative estimate of drug-likeness (QED) is 0.231. The van der Waals surface area contributed by atoms with E-state index in [1.54, 1.807) is 6.08 Å². The van der Waals surface area contributed by atoms with E-state index in [2.05, 4.69) is 20.1 Å². The minimum Gasteiger partial charge on any atom is -0.392 e. The number of hydrogen-bond acceptors (Lipinski definition) is 2. The summed E-state index contributed by atoms with van der Waals surface area (Å²) in [5.74, 6) is 0.0487. The molecule has 132 valence electrons. The Bertz CT molecular complexity index is 391. The fraction of sp³-hybridized carbons (Fsp3) is 0.667. The lowest BCUT2D eigenvalue weighted by molar-refractivity contribution is -0.116. The Labute approximate surface area is 143 Å². The van der Waals surface area contributed by atoms with Gasteiger partial charge in [0, 0.05) is 12.0 Å². The number of hydrogen-bond donors (Lipinski definition) is 1. The molecular formula is C21H36O2. The van der Waals surface area contributed by atoms with E-state index < -0.39 is 0 Å². The van der Waals surface area contributed by atoms with Crippen LogP contribution in [-0.4, -0.2) is 17.5 Å². The third-order valence-electron chi connectivity index (χ3n) is 4.43. The minimum absolute atomic E-state index is 0.0487. The number of aliphatic hydroxyl groups excluding tert-OH is 1. The number of unbranched alkanes of at least 4 members (excludes halogenated alkanes) is 9. The molecule has 0 saturated carbocycles. The fourth-order valence-corrected chi connectivity index (χ4v) is 2.69. The Hall–Kier alpha value is -1.15. The highest BCUT2D eigenvalue weighted by Gasteiger charge is 2.12. The molecule has 0 unspecified atom stereocenters. The molecular weight excluding hydrogens is 284 g/mol. The van der Waals surface area contributed by atoms with Crippen molar-refractivity contribution in [1.29, 1.82) is 0 Å². The monoisotopic (exact) mass is 320 g/mol. The highest BCUT2D eigenvalue weighted by Crippen LogP contribution is 2.17. The van der Waals surface area contributed by atoms with Crippen LogP contribution in [0.1, 0.15) is 84.5 Å². The molecule has 0 spiro atoms. The molecule has 0 rings (SSSR count). The first-order chi connectivity index (χ1) is 11.1. The summed E-state index contributed by atoms with van der Waals surface area (Å²) in [6, 6.07) is 0. The van der Waals surface area contributed by atoms with Gasteiger partial charge in [0.15, 0.2) is 5.78 Å². The summed E-state index contributed by atoms with van der Waals surface area (Å²) in [6.45, 7) is 11.4. The number of ketones is 1. The molecule has 2 nitrogen and oxygen atoms in total. The topological polar surface area (TPSA) is 37.3 Å². The van der Waals surface area contributed by atoms with Crippen molar-refractivity contribution in [1.82, 2.24) is 0 Å². The maximum Gasteiger partial charge on any atom is 0.161 e. The molecule has 0 aliphatic carbocycles. The second kappa shape index (κ2) is 14.4. The molecule has 0 saturated heterocycles. The molecule has 0 fully saturated rings. The minimum atomic E-state index is -0.213. The third-order valence-corrected chi connectivity index (χ3v) is 4.43. The van der Waals surface area contributed by atoms with Crippen molar-refractivity contribution in [3.63, 3.8) is 0 Å². The van der Waals surface area contributed by atoms with Gasteiger partial charge in [-0.25, -0.2) is 0 Å². The number of carbonyl (C=O) groups excluding carboxylic acids is 1. The zero-order valence-electron chi connectivity index (χ0n) is 15.3. The third kappa shape index (κ3) is 10.3. The largest absolute Gasteiger partial charge is 0.392 e. The van der Waals surface area contributed by atoms with E-state index in [4.69, 9.17) is 0 Å². The van der Waals surface area contributed by atoms with Crippen LogP contribution in [0.15, 0.2) is 36.0 Å². The summed E-state index contributed by atoms with van der Waals surface area (Å²) in [6.07, 6.45) is 14.7. The maximum absolute atomic E-state index is 12.2. The number of aliphatic hydroxyl groups is 1. The molecule has 0 radical (unpaired) electrons. The molecule has 0 aliphatic heterocycles. The van der Waals surface area contributed by atoms with Gasteiger partial charge in [-0.15, -0.1) is 0 Å². The Kier molecular flexibility index (Phi) is 13.7. The lowest BCUT2D eigenvalue weighted by atomic mass is 9.96. The van der Waals surface area contributed by atoms with Crippen LogP contribution in [0.3, 0.4) is 0 Å². The lowest BCUT2D eigenvalue weighted by Gasteiger charge is -2.09. The first-order valence-corrected chi connectivity index (χ1v) is 9.24. The van der Waals surface area contributed by atoms with Crippen molar-refractivity contribution in [2.24, 2.45) is 0 Å². The number of carbonyl (C=O) groups is 1. The van der Waals surface area contributed by atoms with Crippen molar-refractivity contribution >= 4 is 5.78 Å². The average molecular weight is 321 g/mol. The Balaban J connectivity index is 3.85. The van der Waals surface area contributed by atoms with E-state index in [1.165, 1.54) is 51.4 Å². The van der Waals surface area contributed by atoms with Crippen molar-refractivity contribution in [2.45, 2.75) is 84.5 Å². The maximum atomic E-state index is 12.2. The zero-order chi connectivity index (χ0) is 17.5. The van der Waals surface area contributed by atoms with Gasteiger partial charge < -0.3 is 5.11 Å². The summed E-state index contributed by atoms with van der Waals surface area (Å²) < 4.78 is 0. The second-order valence-corrected chi connectivity index (χ2v) is 6.35. The summed E-state index contributed by atoms with van der Waals surface area (Å²) in [7, 11) is 0. The molecule has 0 aliphatic rings. The molecule has 0 aromatic rings. The predicted octanol–water partition coefficient (Wildman–Crippen LogP) is 5.92. The normalized spacial score (nSPS) is 12.0. The van der Waals surface area contributed by atoms with E-state index in [1.807, 2.05) is 6.92 Å². The first kappa shape index (κ1) is 21.9. The number of Topliss-reactive ketones (excluding diaryl/α,β-unsaturated/α-hetero) is 1. The summed E-state index contributed by atoms with van der Waals surface area (Å²) in [5, 5.41) is 9.42. The molecule has 0 aromatic carbocycles. The van der Waals surface area contributed by atoms with Crippen LogP contribution in [0.5, 0.6) is 0 Å². The van der Waals surface area contributed by atoms with Crippen LogP contribution in [-0.2, 0) is 4.79 Å². The average Bonchev–Trinajstić information content (AvgIpc) is 2.56. The molecule has 0 bridgehead atoms. The van der Waals surface area contributed by atoms with Gasteiger partial charge in [0.2, 0.25) is 0 Å². The number of allylic oxidation sites excluding steroid dienone is 3. The van der Waals surface area contributed by atoms with Crippen LogP contribution in [0.2, 0.25) is 0 Å². The summed E-state index contributed by atoms with van der Waals surface area (Å²) in [4.78, 5) is 12.2. The highest BCUT2D eigenvalue weighted by atomic mass is 16.3. The van der Waals surface area contributed by atoms with E-state index >= 15 is 0 Å². The van der Waals surface area contributed by atoms with Gasteiger partial charge in [-0.05, 0) is 24.5 Å². The van der Waals surface area contributed by atoms with E-state index in [0.29, 0.717) is 17.6 Å². The lowest BCUT2D eigenvalue weighted by Crippen LogP contribution is -2.09. The SMILES string of the molecule is C=CC(=C)/C(C)=C(/CO)C(=O)CCCCCCCCCCCC. The van der Waals surface area contributed by atoms with E-state index in [0.717, 1.165) is 18.4 Å². The fourth-order valence-electron chi connectivity index (χ4n) is 2.69. The van der Waals surface area contributed by atoms with Gasteiger partial charge in [-0.3, -0.25) is 4.79 Å². The van der Waals surface area contributed by atoms with Gasteiger partial charge in [-0.2, -0.15) is 0 Å². The summed E-state index contributed by atoms with van der Waals surface area (Å²) >= 11 is 0. The molecule has 0 atom stereocenters. The van der Waals surface area contributed by atoms with Crippen molar-refractivity contribution in [3.8, 4) is 0 Å². The zero-order valence-corrected chi connectivity index (χ0v) is 15.3. The number of rotatable bonds is 15. The second-order valence-electron chi connectivity index (χ2n) is 6.35. The highest BCUT2D eigenvalue weighted by molar-refractivity contribution is 5.97. The molecule has 0 heterocycles. The van der Waals surface area contributed by atoms with E-state index in [-0.39, 0.29) is 12.4 Å². The van der Waals surface area contributed by atoms with Crippen LogP contribution >= 0.6 is 0 Å². The van der Waals surface area contributed by atoms with Gasteiger partial charge >= 0.3 is 0 Å². The van der Waals surface area contributed by atoms with Gasteiger partial charge in [0.05, 0.1) is 6.61 Å². The van der Waals surface area contributed by atoms with Crippen LogP contribution in [0, 0.1) is 0 Å². The Morgan fingerprint density at radius 1 is 0.957 bits per heavy atom. The molecule has 2 heteroatoms. The van der Waals surface area contributed by atoms with Gasteiger partial charge in [-0.1, -0.05) is 83.9 Å². The van der Waals surface area contributed by atoms with Crippen LogP contribution in [0.25, 0.3) is 0 Å². The molecule has 1 N–H and O–H groups in total.